The Morgan fingerprint density at radius 1 is 1.14 bits per heavy atom. The number of benzene rings is 1. The molecule has 8 heteroatoms. The number of imidazole rings is 1. The normalized spacial score (nSPS) is 17.9. The van der Waals surface area contributed by atoms with Gasteiger partial charge in [0, 0.05) is 43.5 Å². The lowest BCUT2D eigenvalue weighted by atomic mass is 9.95. The lowest BCUT2D eigenvalue weighted by molar-refractivity contribution is 0.312. The molecule has 0 N–H and O–H groups in total. The van der Waals surface area contributed by atoms with Crippen LogP contribution in [-0.2, 0) is 17.1 Å². The topological polar surface area (TPSA) is 77.3 Å². The van der Waals surface area contributed by atoms with E-state index in [9.17, 15) is 8.42 Å². The predicted octanol–water partition coefficient (Wildman–Crippen LogP) is 3.06. The van der Waals surface area contributed by atoms with Crippen LogP contribution in [0, 0.1) is 0 Å². The van der Waals surface area contributed by atoms with Crippen molar-refractivity contribution in [3.8, 4) is 17.0 Å². The Kier molecular flexibility index (Phi) is 5.38. The lowest BCUT2D eigenvalue weighted by Gasteiger charge is -2.31. The summed E-state index contributed by atoms with van der Waals surface area (Å²) in [4.78, 5) is 8.88. The third-order valence-corrected chi connectivity index (χ3v) is 6.99. The first-order chi connectivity index (χ1) is 14.0. The Hall–Kier alpha value is -2.71. The number of sulfonamides is 1. The number of nitrogens with zero attached hydrogens (tertiary/aromatic N) is 4. The van der Waals surface area contributed by atoms with Gasteiger partial charge in [-0.2, -0.15) is 4.31 Å². The van der Waals surface area contributed by atoms with Gasteiger partial charge in [0.2, 0.25) is 0 Å². The largest absolute Gasteiger partial charge is 0.496 e. The molecule has 1 aromatic carbocycles. The minimum absolute atomic E-state index is 0.0388. The van der Waals surface area contributed by atoms with Crippen molar-refractivity contribution in [2.45, 2.75) is 23.8 Å². The molecule has 0 saturated carbocycles. The van der Waals surface area contributed by atoms with Crippen LogP contribution >= 0.6 is 0 Å². The summed E-state index contributed by atoms with van der Waals surface area (Å²) in [5, 5.41) is 0.0939. The Labute approximate surface area is 171 Å². The third-order valence-electron chi connectivity index (χ3n) is 5.24. The smallest absolute Gasteiger partial charge is 0.262 e. The van der Waals surface area contributed by atoms with E-state index in [-0.39, 0.29) is 10.9 Å². The number of rotatable bonds is 5. The molecule has 152 valence electrons. The van der Waals surface area contributed by atoms with E-state index in [2.05, 4.69) is 4.98 Å². The molecule has 0 bridgehead atoms. The zero-order valence-electron chi connectivity index (χ0n) is 16.5. The molecule has 29 heavy (non-hydrogen) atoms. The predicted molar refractivity (Wildman–Crippen MR) is 110 cm³/mol. The fourth-order valence-electron chi connectivity index (χ4n) is 3.74. The van der Waals surface area contributed by atoms with Gasteiger partial charge in [-0.25, -0.2) is 13.4 Å². The van der Waals surface area contributed by atoms with Crippen molar-refractivity contribution < 1.29 is 13.2 Å². The van der Waals surface area contributed by atoms with E-state index < -0.39 is 10.0 Å². The summed E-state index contributed by atoms with van der Waals surface area (Å²) in [5.41, 5.74) is 2.64. The van der Waals surface area contributed by atoms with Crippen LogP contribution in [0.15, 0.2) is 60.0 Å². The Bertz CT molecular complexity index is 1110. The third kappa shape index (κ3) is 3.90. The molecular formula is C21H24N4O3S. The van der Waals surface area contributed by atoms with Crippen molar-refractivity contribution in [2.24, 2.45) is 7.05 Å². The molecule has 1 atom stereocenters. The number of piperidine rings is 1. The quantitative estimate of drug-likeness (QED) is 0.644. The summed E-state index contributed by atoms with van der Waals surface area (Å²) in [7, 11) is -0.196. The molecular weight excluding hydrogens is 388 g/mol. The second-order valence-electron chi connectivity index (χ2n) is 7.23. The number of aromatic nitrogens is 3. The van der Waals surface area contributed by atoms with E-state index in [0.29, 0.717) is 13.1 Å². The van der Waals surface area contributed by atoms with Crippen LogP contribution in [0.1, 0.15) is 24.5 Å². The number of pyridine rings is 1. The summed E-state index contributed by atoms with van der Waals surface area (Å²) in [6, 6.07) is 13.7. The molecule has 3 aromatic rings. The molecule has 1 saturated heterocycles. The van der Waals surface area contributed by atoms with E-state index in [1.54, 1.807) is 24.9 Å². The summed E-state index contributed by atoms with van der Waals surface area (Å²) in [5.74, 6) is 0.803. The number of methoxy groups -OCH3 is 1. The maximum Gasteiger partial charge on any atom is 0.262 e. The molecule has 1 fully saturated rings. The van der Waals surface area contributed by atoms with Gasteiger partial charge in [0.25, 0.3) is 10.0 Å². The standard InChI is InChI=1S/C21H24N4O3S/c1-24-14-21(22-15-24)29(26,27)25-12-6-7-16(13-25)18-9-5-10-19(23-18)17-8-3-4-11-20(17)28-2/h3-5,8-11,14-16H,6-7,12-13H2,1-2H3/t16-/m0/s1. The SMILES string of the molecule is COc1ccccc1-c1cccc([C@H]2CCCN(S(=O)(=O)c3cn(C)cn3)C2)n1. The molecule has 1 aliphatic rings. The fraction of sp³-hybridized carbons (Fsp3) is 0.333. The Balaban J connectivity index is 1.61. The van der Waals surface area contributed by atoms with Gasteiger partial charge in [-0.05, 0) is 37.1 Å². The Morgan fingerprint density at radius 3 is 2.72 bits per heavy atom. The molecule has 1 aliphatic heterocycles. The molecule has 0 radical (unpaired) electrons. The number of aryl methyl sites for hydroxylation is 1. The van der Waals surface area contributed by atoms with Crippen LogP contribution in [0.4, 0.5) is 0 Å². The maximum atomic E-state index is 13.0. The summed E-state index contributed by atoms with van der Waals surface area (Å²) < 4.78 is 34.6. The fourth-order valence-corrected chi connectivity index (χ4v) is 5.23. The molecule has 7 nitrogen and oxygen atoms in total. The van der Waals surface area contributed by atoms with Gasteiger partial charge in [0.15, 0.2) is 5.03 Å². The van der Waals surface area contributed by atoms with Crippen LogP contribution < -0.4 is 4.74 Å². The monoisotopic (exact) mass is 412 g/mol. The highest BCUT2D eigenvalue weighted by Gasteiger charge is 2.32. The molecule has 0 aliphatic carbocycles. The van der Waals surface area contributed by atoms with Gasteiger partial charge >= 0.3 is 0 Å². The van der Waals surface area contributed by atoms with Crippen LogP contribution in [-0.4, -0.2) is 47.5 Å². The highest BCUT2D eigenvalue weighted by atomic mass is 32.2. The van der Waals surface area contributed by atoms with Crippen molar-refractivity contribution in [3.63, 3.8) is 0 Å². The van der Waals surface area contributed by atoms with Crippen LogP contribution in [0.2, 0.25) is 0 Å². The lowest BCUT2D eigenvalue weighted by Crippen LogP contribution is -2.39. The molecule has 3 heterocycles. The second kappa shape index (κ2) is 7.96. The zero-order valence-corrected chi connectivity index (χ0v) is 17.3. The van der Waals surface area contributed by atoms with E-state index in [1.165, 1.54) is 10.6 Å². The van der Waals surface area contributed by atoms with Crippen LogP contribution in [0.5, 0.6) is 5.75 Å². The van der Waals surface area contributed by atoms with E-state index in [0.717, 1.165) is 35.5 Å². The first-order valence-corrected chi connectivity index (χ1v) is 11.0. The maximum absolute atomic E-state index is 13.0. The van der Waals surface area contributed by atoms with Gasteiger partial charge in [-0.15, -0.1) is 0 Å². The van der Waals surface area contributed by atoms with Gasteiger partial charge in [-0.3, -0.25) is 4.98 Å². The first kappa shape index (κ1) is 19.6. The summed E-state index contributed by atoms with van der Waals surface area (Å²) in [6.07, 6.45) is 4.74. The van der Waals surface area contributed by atoms with Crippen molar-refractivity contribution in [1.82, 2.24) is 18.8 Å². The minimum Gasteiger partial charge on any atom is -0.496 e. The minimum atomic E-state index is -3.60. The second-order valence-corrected chi connectivity index (χ2v) is 9.11. The van der Waals surface area contributed by atoms with Crippen molar-refractivity contribution in [1.29, 1.82) is 0 Å². The number of ether oxygens (including phenoxy) is 1. The van der Waals surface area contributed by atoms with E-state index in [4.69, 9.17) is 9.72 Å². The average Bonchev–Trinajstić information content (AvgIpc) is 3.21. The average molecular weight is 413 g/mol. The van der Waals surface area contributed by atoms with E-state index >= 15 is 0 Å². The summed E-state index contributed by atoms with van der Waals surface area (Å²) >= 11 is 0. The molecule has 0 spiro atoms. The number of para-hydroxylation sites is 1. The van der Waals surface area contributed by atoms with Gasteiger partial charge in [0.05, 0.1) is 19.1 Å². The molecule has 0 amide bonds. The van der Waals surface area contributed by atoms with Crippen molar-refractivity contribution in [3.05, 3.63) is 60.7 Å². The van der Waals surface area contributed by atoms with Gasteiger partial charge in [0.1, 0.15) is 5.75 Å². The molecule has 0 unspecified atom stereocenters. The van der Waals surface area contributed by atoms with Crippen LogP contribution in [0.3, 0.4) is 0 Å². The van der Waals surface area contributed by atoms with Crippen LogP contribution in [0.25, 0.3) is 11.3 Å². The zero-order chi connectivity index (χ0) is 20.4. The highest BCUT2D eigenvalue weighted by Crippen LogP contribution is 2.32. The molecule has 2 aromatic heterocycles. The van der Waals surface area contributed by atoms with E-state index in [1.807, 2.05) is 42.5 Å². The number of hydrogen-bond acceptors (Lipinski definition) is 5. The molecule has 4 rings (SSSR count). The van der Waals surface area contributed by atoms with Crippen molar-refractivity contribution >= 4 is 10.0 Å². The number of hydrogen-bond donors (Lipinski definition) is 0. The highest BCUT2D eigenvalue weighted by molar-refractivity contribution is 7.89. The van der Waals surface area contributed by atoms with Crippen molar-refractivity contribution in [2.75, 3.05) is 20.2 Å². The first-order valence-electron chi connectivity index (χ1n) is 9.57. The van der Waals surface area contributed by atoms with Gasteiger partial charge in [-0.1, -0.05) is 18.2 Å². The Morgan fingerprint density at radius 2 is 1.97 bits per heavy atom. The summed E-state index contributed by atoms with van der Waals surface area (Å²) in [6.45, 7) is 0.906. The van der Waals surface area contributed by atoms with Gasteiger partial charge < -0.3 is 9.30 Å².